The van der Waals surface area contributed by atoms with Crippen LogP contribution >= 0.6 is 0 Å². The molecule has 2 aromatic heterocycles. The van der Waals surface area contributed by atoms with E-state index in [1.807, 2.05) is 59.8 Å². The van der Waals surface area contributed by atoms with E-state index in [1.165, 1.54) is 0 Å². The van der Waals surface area contributed by atoms with Gasteiger partial charge < -0.3 is 9.64 Å². The van der Waals surface area contributed by atoms with Crippen LogP contribution in [0.25, 0.3) is 22.3 Å². The number of carbonyl (C=O) groups excluding carboxylic acids is 1. The van der Waals surface area contributed by atoms with Gasteiger partial charge in [0.15, 0.2) is 5.65 Å². The summed E-state index contributed by atoms with van der Waals surface area (Å²) in [6, 6.07) is 12.0. The molecule has 28 heavy (non-hydrogen) atoms. The van der Waals surface area contributed by atoms with Gasteiger partial charge in [0.05, 0.1) is 35.0 Å². The number of fused-ring (bicyclic) bond motifs is 1. The van der Waals surface area contributed by atoms with E-state index in [0.717, 1.165) is 22.3 Å². The highest BCUT2D eigenvalue weighted by Gasteiger charge is 2.29. The first kappa shape index (κ1) is 18.6. The second-order valence-electron chi connectivity index (χ2n) is 7.81. The second kappa shape index (κ2) is 7.36. The number of carbonyl (C=O) groups is 1. The zero-order chi connectivity index (χ0) is 19.8. The van der Waals surface area contributed by atoms with Crippen LogP contribution < -0.4 is 0 Å². The summed E-state index contributed by atoms with van der Waals surface area (Å²) in [6.07, 6.45) is 1.81. The third-order valence-corrected chi connectivity index (χ3v) is 5.06. The number of hydrogen-bond donors (Lipinski definition) is 0. The lowest BCUT2D eigenvalue weighted by Gasteiger charge is -2.35. The minimum Gasteiger partial charge on any atom is -0.372 e. The Morgan fingerprint density at radius 1 is 1.14 bits per heavy atom. The Morgan fingerprint density at radius 2 is 1.82 bits per heavy atom. The van der Waals surface area contributed by atoms with Gasteiger partial charge in [0.1, 0.15) is 0 Å². The van der Waals surface area contributed by atoms with Gasteiger partial charge in [-0.15, -0.1) is 0 Å². The van der Waals surface area contributed by atoms with Crippen molar-refractivity contribution in [2.75, 3.05) is 13.1 Å². The first-order chi connectivity index (χ1) is 13.4. The van der Waals surface area contributed by atoms with Crippen molar-refractivity contribution in [3.05, 3.63) is 48.2 Å². The van der Waals surface area contributed by atoms with E-state index in [0.29, 0.717) is 18.7 Å². The lowest BCUT2D eigenvalue weighted by molar-refractivity contribution is -0.0585. The molecule has 3 heterocycles. The minimum atomic E-state index is 0.00915. The molecule has 3 aromatic rings. The zero-order valence-corrected chi connectivity index (χ0v) is 16.8. The molecule has 0 radical (unpaired) electrons. The molecular formula is C22H26N4O2. The summed E-state index contributed by atoms with van der Waals surface area (Å²) in [5.74, 6) is 0.00915. The van der Waals surface area contributed by atoms with Crippen molar-refractivity contribution in [3.8, 4) is 11.3 Å². The number of morpholine rings is 1. The van der Waals surface area contributed by atoms with Crippen molar-refractivity contribution in [3.63, 3.8) is 0 Å². The van der Waals surface area contributed by atoms with Crippen LogP contribution in [0.4, 0.5) is 0 Å². The fourth-order valence-corrected chi connectivity index (χ4v) is 3.84. The number of rotatable bonds is 3. The highest BCUT2D eigenvalue weighted by molar-refractivity contribution is 6.06. The number of ether oxygens (including phenoxy) is 1. The Morgan fingerprint density at radius 3 is 2.46 bits per heavy atom. The number of aromatic nitrogens is 3. The van der Waals surface area contributed by atoms with E-state index in [-0.39, 0.29) is 24.2 Å². The Labute approximate surface area is 165 Å². The molecule has 6 heteroatoms. The van der Waals surface area contributed by atoms with E-state index >= 15 is 0 Å². The first-order valence-corrected chi connectivity index (χ1v) is 9.82. The van der Waals surface area contributed by atoms with Crippen LogP contribution in [0.2, 0.25) is 0 Å². The average molecular weight is 378 g/mol. The van der Waals surface area contributed by atoms with Crippen molar-refractivity contribution in [2.45, 2.75) is 45.9 Å². The standard InChI is InChI=1S/C22H26N4O2/c1-14(2)26-21-19(11-23-26)18(10-20(24-21)17-8-6-5-7-9-17)22(27)25-12-15(3)28-16(4)13-25/h5-11,14-16H,12-13H2,1-4H3. The number of benzene rings is 1. The highest BCUT2D eigenvalue weighted by Crippen LogP contribution is 2.28. The Kier molecular flexibility index (Phi) is 4.89. The molecule has 0 saturated carbocycles. The molecular weight excluding hydrogens is 352 g/mol. The van der Waals surface area contributed by atoms with E-state index in [2.05, 4.69) is 18.9 Å². The third kappa shape index (κ3) is 3.40. The van der Waals surface area contributed by atoms with E-state index in [9.17, 15) is 4.79 Å². The van der Waals surface area contributed by atoms with E-state index < -0.39 is 0 Å². The zero-order valence-electron chi connectivity index (χ0n) is 16.8. The summed E-state index contributed by atoms with van der Waals surface area (Å²) in [5, 5.41) is 5.30. The van der Waals surface area contributed by atoms with Gasteiger partial charge in [-0.05, 0) is 33.8 Å². The minimum absolute atomic E-state index is 0.00915. The molecule has 1 fully saturated rings. The normalized spacial score (nSPS) is 20.1. The van der Waals surface area contributed by atoms with E-state index in [1.54, 1.807) is 6.20 Å². The fraction of sp³-hybridized carbons (Fsp3) is 0.409. The molecule has 2 atom stereocenters. The molecule has 4 rings (SSSR count). The second-order valence-corrected chi connectivity index (χ2v) is 7.81. The molecule has 1 saturated heterocycles. The molecule has 6 nitrogen and oxygen atoms in total. The lowest BCUT2D eigenvalue weighted by Crippen LogP contribution is -2.48. The average Bonchev–Trinajstić information content (AvgIpc) is 3.11. The molecule has 0 aliphatic carbocycles. The SMILES string of the molecule is CC1CN(C(=O)c2cc(-c3ccccc3)nc3c2cnn3C(C)C)CC(C)O1. The Bertz CT molecular complexity index is 986. The first-order valence-electron chi connectivity index (χ1n) is 9.82. The highest BCUT2D eigenvalue weighted by atomic mass is 16.5. The predicted molar refractivity (Wildman–Crippen MR) is 109 cm³/mol. The molecule has 0 spiro atoms. The summed E-state index contributed by atoms with van der Waals surface area (Å²) in [5.41, 5.74) is 3.16. The molecule has 1 aromatic carbocycles. The van der Waals surface area contributed by atoms with E-state index in [4.69, 9.17) is 9.72 Å². The van der Waals surface area contributed by atoms with Gasteiger partial charge in [-0.25, -0.2) is 9.67 Å². The molecule has 146 valence electrons. The number of nitrogens with zero attached hydrogens (tertiary/aromatic N) is 4. The number of hydrogen-bond acceptors (Lipinski definition) is 4. The smallest absolute Gasteiger partial charge is 0.254 e. The van der Waals surface area contributed by atoms with Crippen molar-refractivity contribution < 1.29 is 9.53 Å². The van der Waals surface area contributed by atoms with Crippen LogP contribution in [0.5, 0.6) is 0 Å². The Balaban J connectivity index is 1.85. The summed E-state index contributed by atoms with van der Waals surface area (Å²) >= 11 is 0. The van der Waals surface area contributed by atoms with Crippen molar-refractivity contribution in [1.29, 1.82) is 0 Å². The van der Waals surface area contributed by atoms with Gasteiger partial charge in [-0.1, -0.05) is 30.3 Å². The fourth-order valence-electron chi connectivity index (χ4n) is 3.84. The molecule has 1 aliphatic rings. The molecule has 0 N–H and O–H groups in total. The quantitative estimate of drug-likeness (QED) is 0.693. The molecule has 2 unspecified atom stereocenters. The van der Waals surface area contributed by atoms with Crippen molar-refractivity contribution in [1.82, 2.24) is 19.7 Å². The summed E-state index contributed by atoms with van der Waals surface area (Å²) < 4.78 is 7.67. The van der Waals surface area contributed by atoms with Gasteiger partial charge >= 0.3 is 0 Å². The maximum Gasteiger partial charge on any atom is 0.254 e. The molecule has 1 aliphatic heterocycles. The predicted octanol–water partition coefficient (Wildman–Crippen LogP) is 3.93. The lowest BCUT2D eigenvalue weighted by atomic mass is 10.1. The van der Waals surface area contributed by atoms with Crippen molar-refractivity contribution >= 4 is 16.9 Å². The van der Waals surface area contributed by atoms with Crippen LogP contribution in [-0.4, -0.2) is 50.9 Å². The summed E-state index contributed by atoms with van der Waals surface area (Å²) in [6.45, 7) is 9.32. The van der Waals surface area contributed by atoms with Crippen molar-refractivity contribution in [2.24, 2.45) is 0 Å². The third-order valence-electron chi connectivity index (χ3n) is 5.06. The topological polar surface area (TPSA) is 60.2 Å². The van der Waals surface area contributed by atoms with Gasteiger partial charge in [0.25, 0.3) is 5.91 Å². The largest absolute Gasteiger partial charge is 0.372 e. The van der Waals surface area contributed by atoms with Gasteiger partial charge in [-0.2, -0.15) is 5.10 Å². The van der Waals surface area contributed by atoms with Gasteiger partial charge in [0.2, 0.25) is 0 Å². The monoisotopic (exact) mass is 378 g/mol. The molecule has 1 amide bonds. The summed E-state index contributed by atoms with van der Waals surface area (Å²) in [7, 11) is 0. The maximum absolute atomic E-state index is 13.5. The van der Waals surface area contributed by atoms with Crippen LogP contribution in [0, 0.1) is 0 Å². The van der Waals surface area contributed by atoms with Gasteiger partial charge in [0, 0.05) is 24.7 Å². The van der Waals surface area contributed by atoms with Crippen LogP contribution in [0.3, 0.4) is 0 Å². The number of pyridine rings is 1. The number of amides is 1. The summed E-state index contributed by atoms with van der Waals surface area (Å²) in [4.78, 5) is 20.2. The Hall–Kier alpha value is -2.73. The maximum atomic E-state index is 13.5. The van der Waals surface area contributed by atoms with Crippen LogP contribution in [0.1, 0.15) is 44.1 Å². The van der Waals surface area contributed by atoms with Gasteiger partial charge in [-0.3, -0.25) is 4.79 Å². The van der Waals surface area contributed by atoms with Crippen LogP contribution in [0.15, 0.2) is 42.6 Å². The molecule has 0 bridgehead atoms. The van der Waals surface area contributed by atoms with Crippen LogP contribution in [-0.2, 0) is 4.74 Å².